The van der Waals surface area contributed by atoms with Gasteiger partial charge in [0.2, 0.25) is 11.8 Å². The molecule has 1 N–H and O–H groups in total. The predicted molar refractivity (Wildman–Crippen MR) is 117 cm³/mol. The largest absolute Gasteiger partial charge is 0.359 e. The monoisotopic (exact) mass is 420 g/mol. The fourth-order valence-corrected chi connectivity index (χ4v) is 7.00. The molecule has 6 rings (SSSR count). The number of hydrogen-bond acceptors (Lipinski definition) is 3. The van der Waals surface area contributed by atoms with E-state index in [2.05, 4.69) is 48.7 Å². The number of nitrogens with one attached hydrogen (secondary N) is 1. The van der Waals surface area contributed by atoms with Gasteiger partial charge in [-0.2, -0.15) is 0 Å². The summed E-state index contributed by atoms with van der Waals surface area (Å²) in [5.41, 5.74) is 1.52. The molecule has 5 nitrogen and oxygen atoms in total. The molecule has 4 fully saturated rings. The Morgan fingerprint density at radius 3 is 2.45 bits per heavy atom. The molecule has 3 heterocycles. The standard InChI is InChI=1S/C26H32N2O3/c1-16-10-12-17(13-11-16)21-20-14-15-26(31-20)22(21)25(30)28(19-8-4-5-9-19)23(26)24(29)27-18-6-2-3-7-18/h10-15,18-23H,2-9H2,1H3,(H,27,29)/t20-,21+,22+,23-,26+/m1/s1. The Balaban J connectivity index is 1.39. The fourth-order valence-electron chi connectivity index (χ4n) is 7.00. The molecule has 2 aliphatic carbocycles. The second kappa shape index (κ2) is 7.19. The first kappa shape index (κ1) is 19.5. The van der Waals surface area contributed by atoms with Gasteiger partial charge in [-0.1, -0.05) is 67.7 Å². The van der Waals surface area contributed by atoms with Crippen LogP contribution in [-0.4, -0.2) is 46.5 Å². The maximum absolute atomic E-state index is 14.0. The molecule has 1 aromatic rings. The molecule has 2 amide bonds. The first-order chi connectivity index (χ1) is 15.1. The van der Waals surface area contributed by atoms with E-state index >= 15 is 0 Å². The number of carbonyl (C=O) groups is 2. The Morgan fingerprint density at radius 2 is 1.74 bits per heavy atom. The number of likely N-dealkylation sites (tertiary alicyclic amines) is 1. The Morgan fingerprint density at radius 1 is 1.06 bits per heavy atom. The number of benzene rings is 1. The van der Waals surface area contributed by atoms with Crippen LogP contribution in [0.2, 0.25) is 0 Å². The quantitative estimate of drug-likeness (QED) is 0.757. The average Bonchev–Trinajstić information content (AvgIpc) is 3.57. The van der Waals surface area contributed by atoms with Crippen LogP contribution in [0, 0.1) is 12.8 Å². The van der Waals surface area contributed by atoms with E-state index in [1.807, 2.05) is 4.90 Å². The Labute approximate surface area is 184 Å². The van der Waals surface area contributed by atoms with Gasteiger partial charge < -0.3 is 15.0 Å². The zero-order valence-electron chi connectivity index (χ0n) is 18.3. The Bertz CT molecular complexity index is 913. The molecule has 164 valence electrons. The van der Waals surface area contributed by atoms with E-state index in [0.29, 0.717) is 0 Å². The number of nitrogens with zero attached hydrogens (tertiary/aromatic N) is 1. The van der Waals surface area contributed by atoms with Gasteiger partial charge in [-0.3, -0.25) is 9.59 Å². The van der Waals surface area contributed by atoms with Gasteiger partial charge in [-0.05, 0) is 38.2 Å². The molecular formula is C26H32N2O3. The normalized spacial score (nSPS) is 37.2. The fraction of sp³-hybridized carbons (Fsp3) is 0.615. The lowest BCUT2D eigenvalue weighted by Gasteiger charge is -2.36. The molecule has 31 heavy (non-hydrogen) atoms. The van der Waals surface area contributed by atoms with Crippen molar-refractivity contribution in [2.75, 3.05) is 0 Å². The van der Waals surface area contributed by atoms with Gasteiger partial charge in [0.05, 0.1) is 12.0 Å². The van der Waals surface area contributed by atoms with Crippen molar-refractivity contribution in [1.82, 2.24) is 10.2 Å². The van der Waals surface area contributed by atoms with E-state index in [1.165, 1.54) is 18.4 Å². The highest BCUT2D eigenvalue weighted by Crippen LogP contribution is 2.59. The third-order valence-electron chi connectivity index (χ3n) is 8.44. The zero-order valence-corrected chi connectivity index (χ0v) is 18.3. The van der Waals surface area contributed by atoms with Crippen molar-refractivity contribution in [3.63, 3.8) is 0 Å². The molecule has 1 aromatic carbocycles. The number of amides is 2. The smallest absolute Gasteiger partial charge is 0.246 e. The number of rotatable bonds is 4. The Hall–Kier alpha value is -2.14. The molecule has 2 saturated heterocycles. The number of aryl methyl sites for hydroxylation is 1. The van der Waals surface area contributed by atoms with Gasteiger partial charge in [0, 0.05) is 18.0 Å². The van der Waals surface area contributed by atoms with Gasteiger partial charge in [0.15, 0.2) is 0 Å². The van der Waals surface area contributed by atoms with Crippen molar-refractivity contribution in [2.24, 2.45) is 5.92 Å². The summed E-state index contributed by atoms with van der Waals surface area (Å²) in [4.78, 5) is 29.7. The van der Waals surface area contributed by atoms with Crippen LogP contribution in [0.3, 0.4) is 0 Å². The summed E-state index contributed by atoms with van der Waals surface area (Å²) in [6, 6.07) is 8.31. The molecular weight excluding hydrogens is 388 g/mol. The third-order valence-corrected chi connectivity index (χ3v) is 8.44. The van der Waals surface area contributed by atoms with Crippen molar-refractivity contribution >= 4 is 11.8 Å². The topological polar surface area (TPSA) is 58.6 Å². The summed E-state index contributed by atoms with van der Waals surface area (Å²) in [7, 11) is 0. The van der Waals surface area contributed by atoms with Gasteiger partial charge in [-0.25, -0.2) is 0 Å². The maximum atomic E-state index is 14.0. The minimum Gasteiger partial charge on any atom is -0.359 e. The molecule has 2 saturated carbocycles. The lowest BCUT2D eigenvalue weighted by Crippen LogP contribution is -2.57. The van der Waals surface area contributed by atoms with Crippen molar-refractivity contribution in [3.8, 4) is 0 Å². The summed E-state index contributed by atoms with van der Waals surface area (Å²) in [5.74, 6) is -0.225. The van der Waals surface area contributed by atoms with Crippen molar-refractivity contribution in [1.29, 1.82) is 0 Å². The van der Waals surface area contributed by atoms with Crippen molar-refractivity contribution in [3.05, 3.63) is 47.5 Å². The molecule has 5 atom stereocenters. The predicted octanol–water partition coefficient (Wildman–Crippen LogP) is 3.61. The summed E-state index contributed by atoms with van der Waals surface area (Å²) < 4.78 is 6.61. The van der Waals surface area contributed by atoms with Crippen LogP contribution in [-0.2, 0) is 14.3 Å². The SMILES string of the molecule is Cc1ccc([C@@H]2[C@H]3C(=O)N(C4CCCC4)[C@H](C(=O)NC4CCCC4)[C@]34C=C[C@H]2O4)cc1. The summed E-state index contributed by atoms with van der Waals surface area (Å²) >= 11 is 0. The maximum Gasteiger partial charge on any atom is 0.246 e. The van der Waals surface area contributed by atoms with Crippen LogP contribution in [0.4, 0.5) is 0 Å². The molecule has 0 unspecified atom stereocenters. The molecule has 5 aliphatic rings. The highest BCUT2D eigenvalue weighted by molar-refractivity contribution is 5.97. The van der Waals surface area contributed by atoms with E-state index in [-0.39, 0.29) is 41.8 Å². The number of carbonyl (C=O) groups excluding carboxylic acids is 2. The van der Waals surface area contributed by atoms with Crippen molar-refractivity contribution < 1.29 is 14.3 Å². The number of ether oxygens (including phenoxy) is 1. The molecule has 1 spiro atoms. The van der Waals surface area contributed by atoms with Crippen LogP contribution in [0.25, 0.3) is 0 Å². The second-order valence-electron chi connectivity index (χ2n) is 10.3. The summed E-state index contributed by atoms with van der Waals surface area (Å²) in [6.45, 7) is 2.08. The van der Waals surface area contributed by atoms with Gasteiger partial charge in [0.25, 0.3) is 0 Å². The highest BCUT2D eigenvalue weighted by atomic mass is 16.5. The van der Waals surface area contributed by atoms with Gasteiger partial charge in [-0.15, -0.1) is 0 Å². The average molecular weight is 421 g/mol. The molecule has 2 bridgehead atoms. The molecule has 0 aromatic heterocycles. The van der Waals surface area contributed by atoms with Crippen LogP contribution in [0.15, 0.2) is 36.4 Å². The Kier molecular flexibility index (Phi) is 4.53. The lowest BCUT2D eigenvalue weighted by molar-refractivity contribution is -0.142. The minimum atomic E-state index is -0.831. The van der Waals surface area contributed by atoms with Crippen LogP contribution < -0.4 is 5.32 Å². The lowest BCUT2D eigenvalue weighted by atomic mass is 9.72. The number of fused-ring (bicyclic) bond motifs is 1. The summed E-state index contributed by atoms with van der Waals surface area (Å²) in [5, 5.41) is 3.30. The van der Waals surface area contributed by atoms with Gasteiger partial charge in [0.1, 0.15) is 11.6 Å². The van der Waals surface area contributed by atoms with Gasteiger partial charge >= 0.3 is 0 Å². The van der Waals surface area contributed by atoms with E-state index in [1.54, 1.807) is 0 Å². The van der Waals surface area contributed by atoms with E-state index in [9.17, 15) is 9.59 Å². The zero-order chi connectivity index (χ0) is 21.2. The van der Waals surface area contributed by atoms with Crippen LogP contribution in [0.1, 0.15) is 68.4 Å². The second-order valence-corrected chi connectivity index (χ2v) is 10.3. The first-order valence-electron chi connectivity index (χ1n) is 12.1. The van der Waals surface area contributed by atoms with E-state index in [4.69, 9.17) is 4.74 Å². The molecule has 3 aliphatic heterocycles. The number of hydrogen-bond donors (Lipinski definition) is 1. The van der Waals surface area contributed by atoms with E-state index < -0.39 is 11.6 Å². The van der Waals surface area contributed by atoms with Crippen molar-refractivity contribution in [2.45, 2.75) is 94.0 Å². The highest BCUT2D eigenvalue weighted by Gasteiger charge is 2.72. The van der Waals surface area contributed by atoms with Crippen LogP contribution in [0.5, 0.6) is 0 Å². The van der Waals surface area contributed by atoms with Crippen LogP contribution >= 0.6 is 0 Å². The molecule has 5 heteroatoms. The minimum absolute atomic E-state index is 0.00972. The third kappa shape index (κ3) is 2.85. The first-order valence-corrected chi connectivity index (χ1v) is 12.1. The summed E-state index contributed by atoms with van der Waals surface area (Å²) in [6.07, 6.45) is 12.7. The van der Waals surface area contributed by atoms with E-state index in [0.717, 1.165) is 44.1 Å². The molecule has 0 radical (unpaired) electrons.